The van der Waals surface area contributed by atoms with Gasteiger partial charge in [-0.3, -0.25) is 0 Å². The molecule has 0 spiro atoms. The molecule has 1 aliphatic carbocycles. The van der Waals surface area contributed by atoms with E-state index >= 15 is 0 Å². The van der Waals surface area contributed by atoms with Crippen molar-refractivity contribution in [2.24, 2.45) is 0 Å². The van der Waals surface area contributed by atoms with Crippen molar-refractivity contribution in [3.63, 3.8) is 0 Å². The summed E-state index contributed by atoms with van der Waals surface area (Å²) in [6, 6.07) is 6.00. The molecule has 0 heterocycles. The van der Waals surface area contributed by atoms with Gasteiger partial charge in [0.15, 0.2) is 0 Å². The molecule has 0 aliphatic heterocycles. The van der Waals surface area contributed by atoms with Crippen molar-refractivity contribution < 1.29 is 29.3 Å². The number of carbonyl (C=O) groups is 2. The number of aromatic hydroxyl groups is 1. The van der Waals surface area contributed by atoms with E-state index in [9.17, 15) is 19.8 Å². The monoisotopic (exact) mass is 304 g/mol. The molecule has 0 bridgehead atoms. The number of esters is 2. The quantitative estimate of drug-likeness (QED) is 0.640. The summed E-state index contributed by atoms with van der Waals surface area (Å²) in [5, 5.41) is 19.0. The number of aliphatic hydroxyl groups excluding tert-OH is 1. The molecule has 22 heavy (non-hydrogen) atoms. The van der Waals surface area contributed by atoms with Gasteiger partial charge in [-0.15, -0.1) is 0 Å². The van der Waals surface area contributed by atoms with E-state index in [0.717, 1.165) is 0 Å². The lowest BCUT2D eigenvalue weighted by Crippen LogP contribution is -2.16. The van der Waals surface area contributed by atoms with Crippen LogP contribution in [0.25, 0.3) is 0 Å². The average Bonchev–Trinajstić information content (AvgIpc) is 2.52. The fourth-order valence-corrected chi connectivity index (χ4v) is 1.94. The van der Waals surface area contributed by atoms with Gasteiger partial charge < -0.3 is 19.7 Å². The van der Waals surface area contributed by atoms with Crippen LogP contribution < -0.4 is 0 Å². The number of ether oxygens (including phenoxy) is 2. The van der Waals surface area contributed by atoms with Gasteiger partial charge in [0.2, 0.25) is 0 Å². The highest BCUT2D eigenvalue weighted by Crippen LogP contribution is 2.18. The molecule has 1 aromatic rings. The molecule has 2 rings (SSSR count). The lowest BCUT2D eigenvalue weighted by molar-refractivity contribution is -0.140. The average molecular weight is 304 g/mol. The second-order valence-electron chi connectivity index (χ2n) is 4.59. The van der Waals surface area contributed by atoms with Crippen molar-refractivity contribution >= 4 is 11.9 Å². The molecule has 0 atom stereocenters. The third-order valence-corrected chi connectivity index (χ3v) is 3.07. The molecule has 0 aromatic heterocycles. The maximum absolute atomic E-state index is 11.7. The number of benzene rings is 1. The first-order valence-corrected chi connectivity index (χ1v) is 6.80. The number of rotatable bonds is 5. The fraction of sp³-hybridized carbons (Fsp3) is 0.250. The molecule has 1 aliphatic rings. The van der Waals surface area contributed by atoms with Crippen molar-refractivity contribution in [2.75, 3.05) is 13.2 Å². The summed E-state index contributed by atoms with van der Waals surface area (Å²) in [5.41, 5.74) is 0.265. The minimum Gasteiger partial charge on any atom is -0.507 e. The second kappa shape index (κ2) is 7.31. The normalized spacial score (nSPS) is 13.8. The summed E-state index contributed by atoms with van der Waals surface area (Å²) in [6.45, 7) is -0.262. The molecule has 6 nitrogen and oxygen atoms in total. The Labute approximate surface area is 127 Å². The molecular weight excluding hydrogens is 288 g/mol. The lowest BCUT2D eigenvalue weighted by atomic mass is 10.0. The first-order valence-electron chi connectivity index (χ1n) is 6.80. The molecule has 116 valence electrons. The topological polar surface area (TPSA) is 93.1 Å². The third-order valence-electron chi connectivity index (χ3n) is 3.07. The largest absolute Gasteiger partial charge is 0.507 e. The van der Waals surface area contributed by atoms with Crippen LogP contribution in [-0.2, 0) is 14.3 Å². The molecular formula is C16H16O6. The molecule has 0 amide bonds. The van der Waals surface area contributed by atoms with Crippen LogP contribution in [-0.4, -0.2) is 35.4 Å². The zero-order chi connectivity index (χ0) is 15.9. The van der Waals surface area contributed by atoms with E-state index in [1.807, 2.05) is 0 Å². The number of para-hydroxylation sites is 1. The van der Waals surface area contributed by atoms with E-state index in [0.29, 0.717) is 12.8 Å². The fourth-order valence-electron chi connectivity index (χ4n) is 1.94. The van der Waals surface area contributed by atoms with Gasteiger partial charge in [0.05, 0.1) is 5.57 Å². The summed E-state index contributed by atoms with van der Waals surface area (Å²) in [7, 11) is 0. The van der Waals surface area contributed by atoms with Crippen molar-refractivity contribution in [3.8, 4) is 5.75 Å². The number of carbonyl (C=O) groups excluding carboxylic acids is 2. The molecule has 6 heteroatoms. The number of allylic oxidation sites excluding steroid dienone is 2. The minimum absolute atomic E-state index is 0.0478. The van der Waals surface area contributed by atoms with Crippen LogP contribution in [0, 0.1) is 0 Å². The van der Waals surface area contributed by atoms with Gasteiger partial charge in [0, 0.05) is 0 Å². The van der Waals surface area contributed by atoms with Crippen LogP contribution in [0.5, 0.6) is 5.75 Å². The van der Waals surface area contributed by atoms with Crippen molar-refractivity contribution in [3.05, 3.63) is 53.3 Å². The van der Waals surface area contributed by atoms with Crippen LogP contribution in [0.4, 0.5) is 0 Å². The van der Waals surface area contributed by atoms with Crippen LogP contribution >= 0.6 is 0 Å². The van der Waals surface area contributed by atoms with E-state index in [1.54, 1.807) is 18.2 Å². The van der Waals surface area contributed by atoms with E-state index in [2.05, 4.69) is 0 Å². The van der Waals surface area contributed by atoms with Crippen LogP contribution in [0.15, 0.2) is 47.7 Å². The Hall–Kier alpha value is -2.76. The number of hydrogen-bond donors (Lipinski definition) is 2. The second-order valence-corrected chi connectivity index (χ2v) is 4.59. The number of phenolic OH excluding ortho intramolecular Hbond substituents is 1. The summed E-state index contributed by atoms with van der Waals surface area (Å²) < 4.78 is 9.84. The van der Waals surface area contributed by atoms with Crippen LogP contribution in [0.3, 0.4) is 0 Å². The van der Waals surface area contributed by atoms with Crippen molar-refractivity contribution in [2.45, 2.75) is 12.8 Å². The summed E-state index contributed by atoms with van der Waals surface area (Å²) in [4.78, 5) is 23.4. The first-order chi connectivity index (χ1) is 10.6. The van der Waals surface area contributed by atoms with Gasteiger partial charge in [-0.2, -0.15) is 0 Å². The maximum atomic E-state index is 11.7. The Bertz CT molecular complexity index is 629. The van der Waals surface area contributed by atoms with Gasteiger partial charge in [-0.05, 0) is 31.1 Å². The standard InChI is InChI=1S/C16H16O6/c17-13-7-3-1-5-11(13)15(19)21-9-10-22-16(20)12-6-2-4-8-14(12)18/h1,3-5,7-8,17-18H,2,6,9-10H2. The van der Waals surface area contributed by atoms with E-state index in [-0.39, 0.29) is 35.9 Å². The molecule has 2 N–H and O–H groups in total. The Morgan fingerprint density at radius 2 is 1.73 bits per heavy atom. The van der Waals surface area contributed by atoms with E-state index in [4.69, 9.17) is 9.47 Å². The maximum Gasteiger partial charge on any atom is 0.342 e. The molecule has 0 fully saturated rings. The SMILES string of the molecule is O=C(OCCOC(=O)c1ccccc1O)C1=C(O)C=CCC1. The van der Waals surface area contributed by atoms with Gasteiger partial charge in [0.25, 0.3) is 0 Å². The Balaban J connectivity index is 1.78. The molecule has 1 aromatic carbocycles. The molecule has 0 radical (unpaired) electrons. The third kappa shape index (κ3) is 3.88. The summed E-state index contributed by atoms with van der Waals surface area (Å²) in [6.07, 6.45) is 4.30. The summed E-state index contributed by atoms with van der Waals surface area (Å²) in [5.74, 6) is -1.59. The van der Waals surface area contributed by atoms with Crippen molar-refractivity contribution in [1.82, 2.24) is 0 Å². The van der Waals surface area contributed by atoms with Gasteiger partial charge in [-0.25, -0.2) is 9.59 Å². The summed E-state index contributed by atoms with van der Waals surface area (Å²) >= 11 is 0. The highest BCUT2D eigenvalue weighted by Gasteiger charge is 2.18. The van der Waals surface area contributed by atoms with Crippen LogP contribution in [0.1, 0.15) is 23.2 Å². The Kier molecular flexibility index (Phi) is 5.19. The van der Waals surface area contributed by atoms with Gasteiger partial charge in [0.1, 0.15) is 30.3 Å². The lowest BCUT2D eigenvalue weighted by Gasteiger charge is -2.11. The highest BCUT2D eigenvalue weighted by molar-refractivity contribution is 5.92. The Morgan fingerprint density at radius 1 is 1.05 bits per heavy atom. The zero-order valence-electron chi connectivity index (χ0n) is 11.8. The molecule has 0 saturated heterocycles. The predicted molar refractivity (Wildman–Crippen MR) is 77.4 cm³/mol. The van der Waals surface area contributed by atoms with Gasteiger partial charge >= 0.3 is 11.9 Å². The number of aliphatic hydroxyl groups is 1. The predicted octanol–water partition coefficient (Wildman–Crippen LogP) is 2.25. The molecule has 0 unspecified atom stereocenters. The first kappa shape index (κ1) is 15.6. The van der Waals surface area contributed by atoms with Crippen LogP contribution in [0.2, 0.25) is 0 Å². The zero-order valence-corrected chi connectivity index (χ0v) is 11.8. The van der Waals surface area contributed by atoms with E-state index < -0.39 is 11.9 Å². The Morgan fingerprint density at radius 3 is 2.41 bits per heavy atom. The molecule has 0 saturated carbocycles. The number of phenols is 1. The highest BCUT2D eigenvalue weighted by atomic mass is 16.6. The van der Waals surface area contributed by atoms with Gasteiger partial charge in [-0.1, -0.05) is 18.2 Å². The number of hydrogen-bond acceptors (Lipinski definition) is 6. The van der Waals surface area contributed by atoms with Crippen molar-refractivity contribution in [1.29, 1.82) is 0 Å². The van der Waals surface area contributed by atoms with E-state index in [1.165, 1.54) is 18.2 Å². The smallest absolute Gasteiger partial charge is 0.342 e. The minimum atomic E-state index is -0.697.